The molecule has 0 aromatic heterocycles. The maximum atomic E-state index is 11.6. The minimum absolute atomic E-state index is 0.0186. The van der Waals surface area contributed by atoms with Crippen molar-refractivity contribution in [2.24, 2.45) is 0 Å². The topological polar surface area (TPSA) is 67.8 Å². The predicted octanol–water partition coefficient (Wildman–Crippen LogP) is 2.46. The number of rotatable bonds is 5. The highest BCUT2D eigenvalue weighted by Crippen LogP contribution is 2.19. The van der Waals surface area contributed by atoms with E-state index in [9.17, 15) is 9.90 Å². The van der Waals surface area contributed by atoms with Crippen LogP contribution in [0.3, 0.4) is 0 Å². The number of aliphatic hydroxyl groups is 1. The fourth-order valence-corrected chi connectivity index (χ4v) is 1.34. The highest BCUT2D eigenvalue weighted by Gasteiger charge is 2.14. The van der Waals surface area contributed by atoms with Gasteiger partial charge in [0, 0.05) is 11.8 Å². The standard InChI is InChI=1S/C13H17NO4/c1-4-18-13(16)12(9(2)15)14-10-6-5-7-11(8-10)17-3/h5-8,14-15H,4H2,1-3H3/b12-9-. The number of aliphatic hydroxyl groups excluding tert-OH is 1. The smallest absolute Gasteiger partial charge is 0.358 e. The molecule has 5 heteroatoms. The normalized spacial score (nSPS) is 11.5. The molecule has 1 rings (SSSR count). The third-order valence-electron chi connectivity index (χ3n) is 2.18. The second-order valence-electron chi connectivity index (χ2n) is 3.54. The molecule has 0 saturated heterocycles. The van der Waals surface area contributed by atoms with E-state index in [1.165, 1.54) is 6.92 Å². The van der Waals surface area contributed by atoms with Crippen molar-refractivity contribution in [2.75, 3.05) is 19.0 Å². The summed E-state index contributed by atoms with van der Waals surface area (Å²) in [6, 6.07) is 7.02. The van der Waals surface area contributed by atoms with E-state index in [0.29, 0.717) is 11.4 Å². The first-order valence-electron chi connectivity index (χ1n) is 5.56. The first-order valence-corrected chi connectivity index (χ1v) is 5.56. The van der Waals surface area contributed by atoms with Crippen molar-refractivity contribution < 1.29 is 19.4 Å². The molecule has 0 aliphatic heterocycles. The minimum Gasteiger partial charge on any atom is -0.510 e. The molecule has 0 unspecified atom stereocenters. The van der Waals surface area contributed by atoms with Crippen LogP contribution in [0, 0.1) is 0 Å². The predicted molar refractivity (Wildman–Crippen MR) is 68.6 cm³/mol. The Hall–Kier alpha value is -2.17. The van der Waals surface area contributed by atoms with E-state index in [2.05, 4.69) is 5.32 Å². The monoisotopic (exact) mass is 251 g/mol. The lowest BCUT2D eigenvalue weighted by atomic mass is 10.2. The summed E-state index contributed by atoms with van der Waals surface area (Å²) in [6.07, 6.45) is 0. The van der Waals surface area contributed by atoms with Crippen molar-refractivity contribution in [2.45, 2.75) is 13.8 Å². The molecule has 0 fully saturated rings. The Morgan fingerprint density at radius 1 is 1.44 bits per heavy atom. The van der Waals surface area contributed by atoms with Crippen LogP contribution in [0.4, 0.5) is 5.69 Å². The fraction of sp³-hybridized carbons (Fsp3) is 0.308. The average molecular weight is 251 g/mol. The van der Waals surface area contributed by atoms with Crippen molar-refractivity contribution in [1.29, 1.82) is 0 Å². The Labute approximate surface area is 106 Å². The van der Waals surface area contributed by atoms with Crippen molar-refractivity contribution >= 4 is 11.7 Å². The SMILES string of the molecule is CCOC(=O)/C(Nc1cccc(OC)c1)=C(\C)O. The molecule has 1 aromatic rings. The van der Waals surface area contributed by atoms with Gasteiger partial charge in [0.05, 0.1) is 13.7 Å². The van der Waals surface area contributed by atoms with Crippen LogP contribution in [0.2, 0.25) is 0 Å². The molecule has 98 valence electrons. The maximum Gasteiger partial charge on any atom is 0.358 e. The number of hydrogen-bond donors (Lipinski definition) is 2. The molecule has 0 radical (unpaired) electrons. The molecule has 18 heavy (non-hydrogen) atoms. The van der Waals surface area contributed by atoms with Gasteiger partial charge in [0.2, 0.25) is 0 Å². The zero-order valence-corrected chi connectivity index (χ0v) is 10.7. The van der Waals surface area contributed by atoms with Gasteiger partial charge in [0.15, 0.2) is 5.70 Å². The van der Waals surface area contributed by atoms with Gasteiger partial charge < -0.3 is 19.9 Å². The summed E-state index contributed by atoms with van der Waals surface area (Å²) in [5.74, 6) is -0.0737. The van der Waals surface area contributed by atoms with E-state index in [-0.39, 0.29) is 18.1 Å². The highest BCUT2D eigenvalue weighted by atomic mass is 16.5. The second kappa shape index (κ2) is 6.54. The number of hydrogen-bond acceptors (Lipinski definition) is 5. The Morgan fingerprint density at radius 2 is 2.17 bits per heavy atom. The quantitative estimate of drug-likeness (QED) is 0.478. The number of allylic oxidation sites excluding steroid dienone is 1. The molecule has 0 spiro atoms. The summed E-state index contributed by atoms with van der Waals surface area (Å²) in [5.41, 5.74) is 0.649. The molecule has 0 bridgehead atoms. The van der Waals surface area contributed by atoms with E-state index in [0.717, 1.165) is 0 Å². The number of methoxy groups -OCH3 is 1. The van der Waals surface area contributed by atoms with Gasteiger partial charge in [-0.1, -0.05) is 6.07 Å². The number of carbonyl (C=O) groups is 1. The molecule has 2 N–H and O–H groups in total. The van der Waals surface area contributed by atoms with Crippen LogP contribution < -0.4 is 10.1 Å². The van der Waals surface area contributed by atoms with Crippen LogP contribution in [0.15, 0.2) is 35.7 Å². The third kappa shape index (κ3) is 3.69. The van der Waals surface area contributed by atoms with Crippen LogP contribution in [0.5, 0.6) is 5.75 Å². The van der Waals surface area contributed by atoms with Crippen LogP contribution in [0.1, 0.15) is 13.8 Å². The molecule has 0 saturated carbocycles. The van der Waals surface area contributed by atoms with Crippen LogP contribution in [-0.2, 0) is 9.53 Å². The molecule has 0 amide bonds. The summed E-state index contributed by atoms with van der Waals surface area (Å²) in [5, 5.41) is 12.3. The van der Waals surface area contributed by atoms with E-state index < -0.39 is 5.97 Å². The molecule has 0 aliphatic rings. The summed E-state index contributed by atoms with van der Waals surface area (Å²) in [6.45, 7) is 3.36. The maximum absolute atomic E-state index is 11.6. The van der Waals surface area contributed by atoms with Gasteiger partial charge in [-0.15, -0.1) is 0 Å². The van der Waals surface area contributed by atoms with Crippen LogP contribution in [-0.4, -0.2) is 24.8 Å². The zero-order valence-electron chi connectivity index (χ0n) is 10.7. The molecule has 0 atom stereocenters. The number of anilines is 1. The van der Waals surface area contributed by atoms with Crippen molar-refractivity contribution in [3.05, 3.63) is 35.7 Å². The van der Waals surface area contributed by atoms with Gasteiger partial charge in [0.25, 0.3) is 0 Å². The van der Waals surface area contributed by atoms with Gasteiger partial charge in [-0.3, -0.25) is 0 Å². The number of nitrogens with one attached hydrogen (secondary N) is 1. The first kappa shape index (κ1) is 13.9. The lowest BCUT2D eigenvalue weighted by Gasteiger charge is -2.11. The Morgan fingerprint density at radius 3 is 2.72 bits per heavy atom. The summed E-state index contributed by atoms with van der Waals surface area (Å²) < 4.78 is 9.91. The van der Waals surface area contributed by atoms with Gasteiger partial charge in [-0.2, -0.15) is 0 Å². The van der Waals surface area contributed by atoms with Gasteiger partial charge in [0.1, 0.15) is 11.5 Å². The Kier molecular flexibility index (Phi) is 5.05. The molecule has 1 aromatic carbocycles. The third-order valence-corrected chi connectivity index (χ3v) is 2.18. The lowest BCUT2D eigenvalue weighted by Crippen LogP contribution is -2.16. The largest absolute Gasteiger partial charge is 0.510 e. The van der Waals surface area contributed by atoms with Gasteiger partial charge >= 0.3 is 5.97 Å². The van der Waals surface area contributed by atoms with E-state index >= 15 is 0 Å². The molecular weight excluding hydrogens is 234 g/mol. The molecule has 0 heterocycles. The van der Waals surface area contributed by atoms with Crippen molar-refractivity contribution in [1.82, 2.24) is 0 Å². The molecular formula is C13H17NO4. The first-order chi connectivity index (χ1) is 8.58. The molecule has 5 nitrogen and oxygen atoms in total. The van der Waals surface area contributed by atoms with E-state index in [1.54, 1.807) is 38.3 Å². The number of esters is 1. The van der Waals surface area contributed by atoms with Crippen LogP contribution >= 0.6 is 0 Å². The summed E-state index contributed by atoms with van der Waals surface area (Å²) in [4.78, 5) is 11.6. The Balaban J connectivity index is 2.91. The van der Waals surface area contributed by atoms with Crippen molar-refractivity contribution in [3.63, 3.8) is 0 Å². The zero-order chi connectivity index (χ0) is 13.5. The fourth-order valence-electron chi connectivity index (χ4n) is 1.34. The Bertz CT molecular complexity index is 450. The second-order valence-corrected chi connectivity index (χ2v) is 3.54. The average Bonchev–Trinajstić information content (AvgIpc) is 2.36. The number of carbonyl (C=O) groups excluding carboxylic acids is 1. The summed E-state index contributed by atoms with van der Waals surface area (Å²) >= 11 is 0. The van der Waals surface area contributed by atoms with Gasteiger partial charge in [-0.05, 0) is 26.0 Å². The minimum atomic E-state index is -0.597. The molecule has 0 aliphatic carbocycles. The van der Waals surface area contributed by atoms with E-state index in [4.69, 9.17) is 9.47 Å². The van der Waals surface area contributed by atoms with Crippen molar-refractivity contribution in [3.8, 4) is 5.75 Å². The van der Waals surface area contributed by atoms with E-state index in [1.807, 2.05) is 0 Å². The van der Waals surface area contributed by atoms with Gasteiger partial charge in [-0.25, -0.2) is 4.79 Å². The number of benzene rings is 1. The summed E-state index contributed by atoms with van der Waals surface area (Å²) in [7, 11) is 1.55. The number of ether oxygens (including phenoxy) is 2. The highest BCUT2D eigenvalue weighted by molar-refractivity contribution is 5.92. The lowest BCUT2D eigenvalue weighted by molar-refractivity contribution is -0.138. The van der Waals surface area contributed by atoms with Crippen LogP contribution in [0.25, 0.3) is 0 Å².